The number of imidazole rings is 1. The van der Waals surface area contributed by atoms with E-state index in [1.807, 2.05) is 0 Å². The van der Waals surface area contributed by atoms with E-state index in [4.69, 9.17) is 23.2 Å². The smallest absolute Gasteiger partial charge is 0.269 e. The van der Waals surface area contributed by atoms with Crippen molar-refractivity contribution in [2.24, 2.45) is 0 Å². The molecule has 0 saturated carbocycles. The molecule has 0 fully saturated rings. The van der Waals surface area contributed by atoms with Crippen LogP contribution >= 0.6 is 23.2 Å². The molecule has 4 rings (SSSR count). The van der Waals surface area contributed by atoms with Crippen LogP contribution in [0.5, 0.6) is 0 Å². The molecule has 30 heavy (non-hydrogen) atoms. The first-order valence-corrected chi connectivity index (χ1v) is 9.57. The number of nitro benzene ring substituents is 1. The van der Waals surface area contributed by atoms with Crippen molar-refractivity contribution in [3.63, 3.8) is 0 Å². The molecule has 0 atom stereocenters. The third-order valence-electron chi connectivity index (χ3n) is 4.30. The van der Waals surface area contributed by atoms with Crippen molar-refractivity contribution in [1.29, 1.82) is 0 Å². The quantitative estimate of drug-likeness (QED) is 0.306. The standard InChI is InChI=1S/C20H14Cl2N6O2/c21-15-2-1-3-16(22)14(15)10-19-24-11-18(26-19)17-8-9-23-20(27-17)25-12-4-6-13(7-5-12)28(29)30/h1-9,11H,10H2,(H,24,26)(H,23,25,27). The van der Waals surface area contributed by atoms with Gasteiger partial charge in [-0.05, 0) is 35.9 Å². The minimum absolute atomic E-state index is 0.0128. The summed E-state index contributed by atoms with van der Waals surface area (Å²) in [6.07, 6.45) is 3.75. The lowest BCUT2D eigenvalue weighted by atomic mass is 10.1. The Morgan fingerprint density at radius 3 is 2.47 bits per heavy atom. The highest BCUT2D eigenvalue weighted by Crippen LogP contribution is 2.27. The third kappa shape index (κ3) is 4.40. The molecule has 0 amide bonds. The van der Waals surface area contributed by atoms with Gasteiger partial charge in [0.2, 0.25) is 5.95 Å². The molecule has 0 aliphatic carbocycles. The number of anilines is 2. The van der Waals surface area contributed by atoms with E-state index in [9.17, 15) is 10.1 Å². The number of H-pyrrole nitrogens is 1. The lowest BCUT2D eigenvalue weighted by Gasteiger charge is -2.06. The molecule has 0 spiro atoms. The average Bonchev–Trinajstić information content (AvgIpc) is 3.20. The van der Waals surface area contributed by atoms with E-state index in [-0.39, 0.29) is 5.69 Å². The first-order valence-electron chi connectivity index (χ1n) is 8.81. The Bertz CT molecular complexity index is 1190. The number of nitrogens with zero attached hydrogens (tertiary/aromatic N) is 4. The summed E-state index contributed by atoms with van der Waals surface area (Å²) in [5.74, 6) is 1.05. The first-order chi connectivity index (χ1) is 14.5. The summed E-state index contributed by atoms with van der Waals surface area (Å²) in [5, 5.41) is 15.0. The first kappa shape index (κ1) is 19.8. The fourth-order valence-electron chi connectivity index (χ4n) is 2.82. The van der Waals surface area contributed by atoms with E-state index in [1.54, 1.807) is 48.8 Å². The number of benzene rings is 2. The molecule has 2 N–H and O–H groups in total. The zero-order valence-electron chi connectivity index (χ0n) is 15.3. The molecule has 2 aromatic carbocycles. The van der Waals surface area contributed by atoms with Crippen molar-refractivity contribution in [2.75, 3.05) is 5.32 Å². The van der Waals surface area contributed by atoms with Crippen molar-refractivity contribution >= 4 is 40.5 Å². The van der Waals surface area contributed by atoms with E-state index in [1.165, 1.54) is 12.1 Å². The molecule has 0 aliphatic heterocycles. The van der Waals surface area contributed by atoms with Gasteiger partial charge in [0.25, 0.3) is 5.69 Å². The van der Waals surface area contributed by atoms with Gasteiger partial charge in [-0.1, -0.05) is 29.3 Å². The van der Waals surface area contributed by atoms with Gasteiger partial charge in [-0.2, -0.15) is 0 Å². The lowest BCUT2D eigenvalue weighted by molar-refractivity contribution is -0.384. The van der Waals surface area contributed by atoms with Gasteiger partial charge in [-0.25, -0.2) is 15.0 Å². The second kappa shape index (κ2) is 8.48. The average molecular weight is 441 g/mol. The summed E-state index contributed by atoms with van der Waals surface area (Å²) in [6.45, 7) is 0. The van der Waals surface area contributed by atoms with Crippen LogP contribution in [0.25, 0.3) is 11.4 Å². The number of aromatic amines is 1. The molecule has 0 radical (unpaired) electrons. The van der Waals surface area contributed by atoms with Crippen molar-refractivity contribution in [1.82, 2.24) is 19.9 Å². The highest BCUT2D eigenvalue weighted by molar-refractivity contribution is 6.36. The summed E-state index contributed by atoms with van der Waals surface area (Å²) in [6, 6.07) is 13.1. The van der Waals surface area contributed by atoms with Gasteiger partial charge in [-0.3, -0.25) is 10.1 Å². The predicted octanol–water partition coefficient (Wildman–Crippen LogP) is 5.42. The monoisotopic (exact) mass is 440 g/mol. The molecule has 2 heterocycles. The highest BCUT2D eigenvalue weighted by atomic mass is 35.5. The van der Waals surface area contributed by atoms with Crippen LogP contribution in [0.2, 0.25) is 10.0 Å². The number of halogens is 2. The Kier molecular flexibility index (Phi) is 5.60. The number of hydrogen-bond acceptors (Lipinski definition) is 6. The second-order valence-electron chi connectivity index (χ2n) is 6.32. The fourth-order valence-corrected chi connectivity index (χ4v) is 3.35. The van der Waals surface area contributed by atoms with Gasteiger partial charge < -0.3 is 10.3 Å². The van der Waals surface area contributed by atoms with Crippen molar-refractivity contribution in [2.45, 2.75) is 6.42 Å². The second-order valence-corrected chi connectivity index (χ2v) is 7.13. The van der Waals surface area contributed by atoms with E-state index in [0.29, 0.717) is 45.3 Å². The molecule has 0 unspecified atom stereocenters. The van der Waals surface area contributed by atoms with Crippen LogP contribution in [-0.2, 0) is 6.42 Å². The molecule has 0 saturated heterocycles. The summed E-state index contributed by atoms with van der Waals surface area (Å²) in [5.41, 5.74) is 2.79. The van der Waals surface area contributed by atoms with Crippen LogP contribution in [0.1, 0.15) is 11.4 Å². The van der Waals surface area contributed by atoms with Crippen molar-refractivity contribution < 1.29 is 4.92 Å². The zero-order valence-corrected chi connectivity index (χ0v) is 16.9. The maximum atomic E-state index is 10.8. The van der Waals surface area contributed by atoms with Gasteiger partial charge in [0.15, 0.2) is 0 Å². The lowest BCUT2D eigenvalue weighted by Crippen LogP contribution is -1.98. The maximum Gasteiger partial charge on any atom is 0.269 e. The Labute approximate surface area is 181 Å². The van der Waals surface area contributed by atoms with E-state index >= 15 is 0 Å². The van der Waals surface area contributed by atoms with Gasteiger partial charge in [0, 0.05) is 40.5 Å². The van der Waals surface area contributed by atoms with Gasteiger partial charge in [-0.15, -0.1) is 0 Å². The molecule has 0 bridgehead atoms. The van der Waals surface area contributed by atoms with E-state index < -0.39 is 4.92 Å². The largest absolute Gasteiger partial charge is 0.340 e. The van der Waals surface area contributed by atoms with Gasteiger partial charge in [0.05, 0.1) is 22.5 Å². The molecular weight excluding hydrogens is 427 g/mol. The van der Waals surface area contributed by atoms with Crippen LogP contribution < -0.4 is 5.32 Å². The van der Waals surface area contributed by atoms with Crippen LogP contribution in [-0.4, -0.2) is 24.9 Å². The van der Waals surface area contributed by atoms with Crippen LogP contribution in [0.15, 0.2) is 60.9 Å². The fraction of sp³-hybridized carbons (Fsp3) is 0.0500. The summed E-state index contributed by atoms with van der Waals surface area (Å²) in [7, 11) is 0. The SMILES string of the molecule is O=[N+]([O-])c1ccc(Nc2nccc(-c3cnc(Cc4c(Cl)cccc4Cl)[nH]3)n2)cc1. The molecule has 2 aromatic heterocycles. The molecule has 10 heteroatoms. The number of aromatic nitrogens is 4. The minimum atomic E-state index is -0.452. The van der Waals surface area contributed by atoms with Crippen molar-refractivity contribution in [3.05, 3.63) is 92.5 Å². The number of hydrogen-bond donors (Lipinski definition) is 2. The number of rotatable bonds is 6. The molecule has 8 nitrogen and oxygen atoms in total. The summed E-state index contributed by atoms with van der Waals surface area (Å²) < 4.78 is 0. The molecule has 0 aliphatic rings. The Morgan fingerprint density at radius 1 is 1.03 bits per heavy atom. The highest BCUT2D eigenvalue weighted by Gasteiger charge is 2.11. The molecular formula is C20H14Cl2N6O2. The van der Waals surface area contributed by atoms with Crippen molar-refractivity contribution in [3.8, 4) is 11.4 Å². The van der Waals surface area contributed by atoms with Crippen LogP contribution in [0.3, 0.4) is 0 Å². The minimum Gasteiger partial charge on any atom is -0.340 e. The number of nitrogens with one attached hydrogen (secondary N) is 2. The maximum absolute atomic E-state index is 10.8. The van der Waals surface area contributed by atoms with Gasteiger partial charge in [0.1, 0.15) is 5.82 Å². The zero-order chi connectivity index (χ0) is 21.1. The third-order valence-corrected chi connectivity index (χ3v) is 5.01. The molecule has 4 aromatic rings. The van der Waals surface area contributed by atoms with Gasteiger partial charge >= 0.3 is 0 Å². The van der Waals surface area contributed by atoms with E-state index in [2.05, 4.69) is 25.3 Å². The Hall–Kier alpha value is -3.49. The predicted molar refractivity (Wildman–Crippen MR) is 115 cm³/mol. The van der Waals surface area contributed by atoms with Crippen LogP contribution in [0, 0.1) is 10.1 Å². The molecule has 150 valence electrons. The number of non-ortho nitro benzene ring substituents is 1. The number of nitro groups is 1. The van der Waals surface area contributed by atoms with Crippen LogP contribution in [0.4, 0.5) is 17.3 Å². The Balaban J connectivity index is 1.52. The summed E-state index contributed by atoms with van der Waals surface area (Å²) in [4.78, 5) is 26.6. The van der Waals surface area contributed by atoms with E-state index in [0.717, 1.165) is 5.56 Å². The topological polar surface area (TPSA) is 110 Å². The summed E-state index contributed by atoms with van der Waals surface area (Å²) >= 11 is 12.5. The Morgan fingerprint density at radius 2 is 1.77 bits per heavy atom. The normalized spacial score (nSPS) is 10.7.